The summed E-state index contributed by atoms with van der Waals surface area (Å²) < 4.78 is 1.42. The minimum atomic E-state index is -0.184. The summed E-state index contributed by atoms with van der Waals surface area (Å²) in [5.74, 6) is 1.28. The van der Waals surface area contributed by atoms with E-state index in [1.54, 1.807) is 0 Å². The summed E-state index contributed by atoms with van der Waals surface area (Å²) in [6.07, 6.45) is 5.37. The average molecular weight is 276 g/mol. The second kappa shape index (κ2) is 5.37. The Morgan fingerprint density at radius 3 is 2.95 bits per heavy atom. The van der Waals surface area contributed by atoms with Crippen LogP contribution in [0.3, 0.4) is 0 Å². The second-order valence-electron chi connectivity index (χ2n) is 4.87. The van der Waals surface area contributed by atoms with E-state index >= 15 is 0 Å². The first kappa shape index (κ1) is 12.7. The van der Waals surface area contributed by atoms with Crippen LogP contribution in [0.4, 0.5) is 11.9 Å². The van der Waals surface area contributed by atoms with E-state index in [0.717, 1.165) is 19.3 Å². The zero-order valence-corrected chi connectivity index (χ0v) is 10.8. The van der Waals surface area contributed by atoms with E-state index in [1.165, 1.54) is 17.3 Å². The molecule has 0 amide bonds. The van der Waals surface area contributed by atoms with Crippen LogP contribution in [-0.2, 0) is 0 Å². The number of nitrogens with zero attached hydrogens (tertiary/aromatic N) is 6. The van der Waals surface area contributed by atoms with Gasteiger partial charge >= 0.3 is 0 Å². The van der Waals surface area contributed by atoms with Gasteiger partial charge in [-0.2, -0.15) is 24.7 Å². The Labute approximate surface area is 115 Å². The lowest BCUT2D eigenvalue weighted by Gasteiger charge is -2.11. The number of aliphatic hydroxyl groups excluding tert-OH is 1. The zero-order chi connectivity index (χ0) is 13.9. The molecule has 9 heteroatoms. The van der Waals surface area contributed by atoms with Crippen LogP contribution in [-0.4, -0.2) is 47.5 Å². The van der Waals surface area contributed by atoms with Gasteiger partial charge in [0.15, 0.2) is 0 Å². The molecular formula is C11H16N8O. The predicted molar refractivity (Wildman–Crippen MR) is 71.0 cm³/mol. The van der Waals surface area contributed by atoms with Crippen molar-refractivity contribution in [3.05, 3.63) is 12.7 Å². The van der Waals surface area contributed by atoms with E-state index in [4.69, 9.17) is 5.73 Å². The highest BCUT2D eigenvalue weighted by atomic mass is 16.3. The van der Waals surface area contributed by atoms with E-state index in [1.807, 2.05) is 0 Å². The molecule has 3 rings (SSSR count). The molecule has 2 heterocycles. The lowest BCUT2D eigenvalue weighted by atomic mass is 10.1. The molecule has 2 aromatic heterocycles. The van der Waals surface area contributed by atoms with Crippen molar-refractivity contribution >= 4 is 11.9 Å². The Bertz CT molecular complexity index is 572. The maximum absolute atomic E-state index is 9.50. The van der Waals surface area contributed by atoms with Crippen LogP contribution in [0.1, 0.15) is 19.3 Å². The molecule has 0 aromatic carbocycles. The highest BCUT2D eigenvalue weighted by Gasteiger charge is 2.22. The first-order valence-corrected chi connectivity index (χ1v) is 6.49. The number of rotatable bonds is 4. The number of nitrogen functional groups attached to an aromatic ring is 1. The molecule has 1 aliphatic rings. The number of hydrogen-bond donors (Lipinski definition) is 3. The monoisotopic (exact) mass is 276 g/mol. The molecule has 2 unspecified atom stereocenters. The summed E-state index contributed by atoms with van der Waals surface area (Å²) in [5, 5.41) is 16.6. The number of aromatic nitrogens is 6. The molecule has 0 saturated heterocycles. The third-order valence-corrected chi connectivity index (χ3v) is 3.33. The van der Waals surface area contributed by atoms with Crippen molar-refractivity contribution in [3.8, 4) is 5.95 Å². The first-order chi connectivity index (χ1) is 9.70. The first-order valence-electron chi connectivity index (χ1n) is 6.49. The van der Waals surface area contributed by atoms with Crippen LogP contribution < -0.4 is 11.1 Å². The highest BCUT2D eigenvalue weighted by Crippen LogP contribution is 2.25. The van der Waals surface area contributed by atoms with Gasteiger partial charge in [-0.1, -0.05) is 0 Å². The van der Waals surface area contributed by atoms with Crippen LogP contribution in [0.5, 0.6) is 0 Å². The van der Waals surface area contributed by atoms with Crippen LogP contribution >= 0.6 is 0 Å². The molecule has 0 radical (unpaired) electrons. The molecule has 4 N–H and O–H groups in total. The van der Waals surface area contributed by atoms with Crippen LogP contribution in [0.25, 0.3) is 5.95 Å². The Balaban J connectivity index is 1.70. The van der Waals surface area contributed by atoms with Gasteiger partial charge in [-0.25, -0.2) is 4.98 Å². The van der Waals surface area contributed by atoms with Crippen molar-refractivity contribution in [2.75, 3.05) is 17.6 Å². The van der Waals surface area contributed by atoms with Crippen molar-refractivity contribution in [1.82, 2.24) is 29.7 Å². The fourth-order valence-electron chi connectivity index (χ4n) is 2.34. The summed E-state index contributed by atoms with van der Waals surface area (Å²) >= 11 is 0. The number of nitrogens with one attached hydrogen (secondary N) is 1. The van der Waals surface area contributed by atoms with E-state index in [0.29, 0.717) is 24.4 Å². The minimum Gasteiger partial charge on any atom is -0.393 e. The van der Waals surface area contributed by atoms with E-state index in [2.05, 4.69) is 30.4 Å². The number of nitrogens with two attached hydrogens (primary N) is 1. The fraction of sp³-hybridized carbons (Fsp3) is 0.545. The van der Waals surface area contributed by atoms with Gasteiger partial charge in [-0.05, 0) is 25.2 Å². The molecule has 0 aliphatic heterocycles. The fourth-order valence-corrected chi connectivity index (χ4v) is 2.34. The normalized spacial score (nSPS) is 22.1. The molecule has 20 heavy (non-hydrogen) atoms. The molecule has 9 nitrogen and oxygen atoms in total. The van der Waals surface area contributed by atoms with Crippen LogP contribution in [0, 0.1) is 5.92 Å². The SMILES string of the molecule is Nc1nc(NCC2CCC(O)C2)nc(-n2cncn2)n1. The summed E-state index contributed by atoms with van der Waals surface area (Å²) in [6.45, 7) is 0.706. The van der Waals surface area contributed by atoms with Crippen molar-refractivity contribution in [1.29, 1.82) is 0 Å². The summed E-state index contributed by atoms with van der Waals surface area (Å²) in [7, 11) is 0. The van der Waals surface area contributed by atoms with E-state index in [9.17, 15) is 5.11 Å². The van der Waals surface area contributed by atoms with Crippen molar-refractivity contribution in [2.24, 2.45) is 5.92 Å². The molecule has 2 atom stereocenters. The summed E-state index contributed by atoms with van der Waals surface area (Å²) in [5.41, 5.74) is 5.67. The topological polar surface area (TPSA) is 128 Å². The van der Waals surface area contributed by atoms with Crippen molar-refractivity contribution in [3.63, 3.8) is 0 Å². The Morgan fingerprint density at radius 1 is 1.35 bits per heavy atom. The van der Waals surface area contributed by atoms with Crippen molar-refractivity contribution in [2.45, 2.75) is 25.4 Å². The van der Waals surface area contributed by atoms with Gasteiger partial charge in [0.2, 0.25) is 11.9 Å². The van der Waals surface area contributed by atoms with Gasteiger partial charge < -0.3 is 16.2 Å². The standard InChI is InChI=1S/C11H16N8O/c12-9-16-10(14-4-7-1-2-8(20)3-7)18-11(17-9)19-6-13-5-15-19/h5-8,20H,1-4H2,(H3,12,14,16,17,18). The lowest BCUT2D eigenvalue weighted by molar-refractivity contribution is 0.178. The summed E-state index contributed by atoms with van der Waals surface area (Å²) in [4.78, 5) is 16.1. The van der Waals surface area contributed by atoms with E-state index in [-0.39, 0.29) is 12.1 Å². The van der Waals surface area contributed by atoms with Gasteiger partial charge in [0.05, 0.1) is 6.10 Å². The average Bonchev–Trinajstić information content (AvgIpc) is 3.07. The highest BCUT2D eigenvalue weighted by molar-refractivity contribution is 5.34. The zero-order valence-electron chi connectivity index (χ0n) is 10.8. The molecule has 1 aliphatic carbocycles. The largest absolute Gasteiger partial charge is 0.393 e. The third-order valence-electron chi connectivity index (χ3n) is 3.33. The Kier molecular flexibility index (Phi) is 3.42. The van der Waals surface area contributed by atoms with E-state index < -0.39 is 0 Å². The minimum absolute atomic E-state index is 0.124. The molecular weight excluding hydrogens is 260 g/mol. The Morgan fingerprint density at radius 2 is 2.25 bits per heavy atom. The second-order valence-corrected chi connectivity index (χ2v) is 4.87. The molecule has 1 fully saturated rings. The number of aliphatic hydroxyl groups is 1. The van der Waals surface area contributed by atoms with Crippen molar-refractivity contribution < 1.29 is 5.11 Å². The quantitative estimate of drug-likeness (QED) is 0.688. The van der Waals surface area contributed by atoms with Crippen LogP contribution in [0.2, 0.25) is 0 Å². The maximum atomic E-state index is 9.50. The smallest absolute Gasteiger partial charge is 0.258 e. The molecule has 1 saturated carbocycles. The maximum Gasteiger partial charge on any atom is 0.258 e. The predicted octanol–water partition coefficient (Wildman–Crippen LogP) is -0.393. The van der Waals surface area contributed by atoms with Gasteiger partial charge in [0.1, 0.15) is 12.7 Å². The molecule has 0 bridgehead atoms. The van der Waals surface area contributed by atoms with Crippen LogP contribution in [0.15, 0.2) is 12.7 Å². The van der Waals surface area contributed by atoms with Gasteiger partial charge in [-0.3, -0.25) is 0 Å². The Hall–Kier alpha value is -2.29. The van der Waals surface area contributed by atoms with Gasteiger partial charge in [-0.15, -0.1) is 0 Å². The molecule has 2 aromatic rings. The third kappa shape index (κ3) is 2.82. The summed E-state index contributed by atoms with van der Waals surface area (Å²) in [6, 6.07) is 0. The molecule has 106 valence electrons. The van der Waals surface area contributed by atoms with Gasteiger partial charge in [0.25, 0.3) is 5.95 Å². The number of anilines is 2. The number of hydrogen-bond acceptors (Lipinski definition) is 8. The lowest BCUT2D eigenvalue weighted by Crippen LogP contribution is -2.16. The molecule has 0 spiro atoms. The van der Waals surface area contributed by atoms with Gasteiger partial charge in [0, 0.05) is 6.54 Å².